The van der Waals surface area contributed by atoms with Crippen molar-refractivity contribution in [3.8, 4) is 0 Å². The molecule has 2 amide bonds. The third-order valence-electron chi connectivity index (χ3n) is 10.5. The number of nitrogens with one attached hydrogen (secondary N) is 2. The molecule has 2 unspecified atom stereocenters. The van der Waals surface area contributed by atoms with Crippen molar-refractivity contribution in [3.05, 3.63) is 0 Å². The Kier molecular flexibility index (Phi) is 33.5. The minimum absolute atomic E-state index is 0.0266. The van der Waals surface area contributed by atoms with Gasteiger partial charge in [0.25, 0.3) is 0 Å². The molecule has 1 fully saturated rings. The van der Waals surface area contributed by atoms with Crippen LogP contribution in [0.5, 0.6) is 0 Å². The lowest BCUT2D eigenvalue weighted by Crippen LogP contribution is -2.49. The summed E-state index contributed by atoms with van der Waals surface area (Å²) in [4.78, 5) is 41.8. The van der Waals surface area contributed by atoms with Gasteiger partial charge in [0, 0.05) is 18.2 Å². The van der Waals surface area contributed by atoms with E-state index in [2.05, 4.69) is 36.3 Å². The minimum atomic E-state index is -0.535. The Labute approximate surface area is 320 Å². The van der Waals surface area contributed by atoms with Crippen LogP contribution in [-0.4, -0.2) is 73.0 Å². The number of amides is 2. The van der Waals surface area contributed by atoms with Crippen LogP contribution in [-0.2, 0) is 19.1 Å². The van der Waals surface area contributed by atoms with Crippen LogP contribution in [0.25, 0.3) is 0 Å². The van der Waals surface area contributed by atoms with Gasteiger partial charge < -0.3 is 20.3 Å². The normalized spacial score (nSPS) is 14.4. The summed E-state index contributed by atoms with van der Waals surface area (Å²) in [5.74, 6) is 1.22. The Morgan fingerprint density at radius 1 is 0.608 bits per heavy atom. The first-order valence-corrected chi connectivity index (χ1v) is 23.2. The zero-order valence-corrected chi connectivity index (χ0v) is 34.7. The maximum atomic E-state index is 13.7. The molecule has 2 atom stereocenters. The number of ether oxygens (including phenoxy) is 1. The summed E-state index contributed by atoms with van der Waals surface area (Å²) in [5.41, 5.74) is 0. The summed E-state index contributed by atoms with van der Waals surface area (Å²) >= 11 is 1.67. The summed E-state index contributed by atoms with van der Waals surface area (Å²) in [7, 11) is 0. The number of thioether (sulfide) groups is 1. The highest BCUT2D eigenvalue weighted by molar-refractivity contribution is 7.99. The lowest BCUT2D eigenvalue weighted by Gasteiger charge is -2.23. The van der Waals surface area contributed by atoms with E-state index in [1.165, 1.54) is 116 Å². The number of carbonyl (C=O) groups is 3. The van der Waals surface area contributed by atoms with E-state index in [0.717, 1.165) is 76.8 Å². The molecule has 0 aliphatic carbocycles. The Morgan fingerprint density at radius 2 is 1.12 bits per heavy atom. The highest BCUT2D eigenvalue weighted by atomic mass is 32.2. The molecule has 0 aromatic carbocycles. The van der Waals surface area contributed by atoms with Crippen LogP contribution in [0.3, 0.4) is 0 Å². The van der Waals surface area contributed by atoms with Gasteiger partial charge in [0.15, 0.2) is 0 Å². The predicted molar refractivity (Wildman–Crippen MR) is 219 cm³/mol. The molecule has 7 nitrogen and oxygen atoms in total. The number of hydrogen-bond donors (Lipinski definition) is 2. The fourth-order valence-corrected chi connectivity index (χ4v) is 8.00. The molecule has 2 N–H and O–H groups in total. The van der Waals surface area contributed by atoms with Crippen LogP contribution < -0.4 is 10.6 Å². The SMILES string of the molecule is CCCCCCCCCCCCCOC(=O)CCSCCC(NC(=O)C(CCCCCC)CCCCCCCC)C(=O)NCCCN1CCCC1. The molecule has 0 aromatic heterocycles. The van der Waals surface area contributed by atoms with Crippen LogP contribution in [0.4, 0.5) is 0 Å². The van der Waals surface area contributed by atoms with Crippen molar-refractivity contribution in [1.82, 2.24) is 15.5 Å². The van der Waals surface area contributed by atoms with Crippen molar-refractivity contribution < 1.29 is 19.1 Å². The Morgan fingerprint density at radius 3 is 1.69 bits per heavy atom. The minimum Gasteiger partial charge on any atom is -0.466 e. The first-order chi connectivity index (χ1) is 25.0. The molecule has 1 aliphatic heterocycles. The molecule has 1 heterocycles. The van der Waals surface area contributed by atoms with E-state index in [0.29, 0.717) is 31.7 Å². The molecule has 1 saturated heterocycles. The van der Waals surface area contributed by atoms with E-state index in [9.17, 15) is 14.4 Å². The summed E-state index contributed by atoms with van der Waals surface area (Å²) in [6.45, 7) is 11.2. The van der Waals surface area contributed by atoms with Gasteiger partial charge in [0.2, 0.25) is 11.8 Å². The highest BCUT2D eigenvalue weighted by Crippen LogP contribution is 2.20. The number of unbranched alkanes of at least 4 members (excludes halogenated alkanes) is 18. The predicted octanol–water partition coefficient (Wildman–Crippen LogP) is 10.8. The Balaban J connectivity index is 2.45. The van der Waals surface area contributed by atoms with Gasteiger partial charge in [0.1, 0.15) is 6.04 Å². The highest BCUT2D eigenvalue weighted by Gasteiger charge is 2.25. The third-order valence-corrected chi connectivity index (χ3v) is 11.5. The molecule has 8 heteroatoms. The number of esters is 1. The van der Waals surface area contributed by atoms with Crippen molar-refractivity contribution >= 4 is 29.5 Å². The molecular weight excluding hydrogens is 655 g/mol. The molecule has 1 rings (SSSR count). The number of rotatable bonds is 37. The Hall–Kier alpha value is -1.28. The zero-order chi connectivity index (χ0) is 37.0. The summed E-state index contributed by atoms with van der Waals surface area (Å²) in [5, 5.41) is 6.34. The summed E-state index contributed by atoms with van der Waals surface area (Å²) in [6.07, 6.45) is 32.3. The average Bonchev–Trinajstić information content (AvgIpc) is 3.65. The van der Waals surface area contributed by atoms with Gasteiger partial charge in [-0.05, 0) is 70.3 Å². The molecule has 0 bridgehead atoms. The Bertz CT molecular complexity index is 823. The van der Waals surface area contributed by atoms with Gasteiger partial charge in [-0.3, -0.25) is 14.4 Å². The molecule has 1 aliphatic rings. The van der Waals surface area contributed by atoms with Crippen molar-refractivity contribution in [3.63, 3.8) is 0 Å². The van der Waals surface area contributed by atoms with Gasteiger partial charge in [-0.1, -0.05) is 149 Å². The molecule has 0 aromatic rings. The number of carbonyl (C=O) groups excluding carboxylic acids is 3. The van der Waals surface area contributed by atoms with E-state index >= 15 is 0 Å². The molecule has 51 heavy (non-hydrogen) atoms. The second-order valence-electron chi connectivity index (χ2n) is 15.3. The quantitative estimate of drug-likeness (QED) is 0.0488. The number of nitrogens with zero attached hydrogens (tertiary/aromatic N) is 1. The fourth-order valence-electron chi connectivity index (χ4n) is 7.08. The smallest absolute Gasteiger partial charge is 0.306 e. The van der Waals surface area contributed by atoms with Crippen molar-refractivity contribution in [2.24, 2.45) is 5.92 Å². The van der Waals surface area contributed by atoms with Crippen LogP contribution in [0.2, 0.25) is 0 Å². The molecule has 300 valence electrons. The van der Waals surface area contributed by atoms with E-state index < -0.39 is 6.04 Å². The van der Waals surface area contributed by atoms with Gasteiger partial charge in [0.05, 0.1) is 13.0 Å². The van der Waals surface area contributed by atoms with E-state index in [1.54, 1.807) is 11.8 Å². The van der Waals surface area contributed by atoms with Crippen LogP contribution in [0, 0.1) is 5.92 Å². The summed E-state index contributed by atoms with van der Waals surface area (Å²) in [6, 6.07) is -0.535. The summed E-state index contributed by atoms with van der Waals surface area (Å²) < 4.78 is 5.49. The van der Waals surface area contributed by atoms with Crippen molar-refractivity contribution in [2.75, 3.05) is 44.3 Å². The third kappa shape index (κ3) is 28.8. The van der Waals surface area contributed by atoms with Crippen LogP contribution in [0.15, 0.2) is 0 Å². The number of hydrogen-bond acceptors (Lipinski definition) is 6. The molecular formula is C43H83N3O4S. The van der Waals surface area contributed by atoms with Gasteiger partial charge in [-0.25, -0.2) is 0 Å². The van der Waals surface area contributed by atoms with E-state index in [4.69, 9.17) is 4.74 Å². The standard InChI is InChI=1S/C43H83N3O4S/c1-4-7-10-13-15-16-17-18-19-21-26-36-50-41(47)31-38-51-37-30-40(43(49)44-32-27-35-46-33-24-25-34-46)45-42(48)39(28-22-12-9-6-3)29-23-20-14-11-8-5-2/h39-40H,4-38H2,1-3H3,(H,44,49)(H,45,48). The van der Waals surface area contributed by atoms with Gasteiger partial charge >= 0.3 is 5.97 Å². The van der Waals surface area contributed by atoms with Gasteiger partial charge in [-0.2, -0.15) is 11.8 Å². The lowest BCUT2D eigenvalue weighted by molar-refractivity contribution is -0.143. The second-order valence-corrected chi connectivity index (χ2v) is 16.5. The first-order valence-electron chi connectivity index (χ1n) is 22.1. The molecule has 0 saturated carbocycles. The topological polar surface area (TPSA) is 87.7 Å². The maximum Gasteiger partial charge on any atom is 0.306 e. The van der Waals surface area contributed by atoms with Crippen molar-refractivity contribution in [2.45, 2.75) is 207 Å². The fraction of sp³-hybridized carbons (Fsp3) is 0.930. The molecule has 0 spiro atoms. The molecule has 0 radical (unpaired) electrons. The average molecular weight is 738 g/mol. The van der Waals surface area contributed by atoms with Crippen LogP contribution in [0.1, 0.15) is 201 Å². The van der Waals surface area contributed by atoms with Crippen molar-refractivity contribution in [1.29, 1.82) is 0 Å². The number of likely N-dealkylation sites (tertiary alicyclic amines) is 1. The maximum absolute atomic E-state index is 13.7. The van der Waals surface area contributed by atoms with Gasteiger partial charge in [-0.15, -0.1) is 0 Å². The van der Waals surface area contributed by atoms with Crippen LogP contribution >= 0.6 is 11.8 Å². The monoisotopic (exact) mass is 738 g/mol. The zero-order valence-electron chi connectivity index (χ0n) is 33.9. The second kappa shape index (κ2) is 35.7. The van der Waals surface area contributed by atoms with E-state index in [-0.39, 0.29) is 23.7 Å². The largest absolute Gasteiger partial charge is 0.466 e. The van der Waals surface area contributed by atoms with E-state index in [1.807, 2.05) is 0 Å². The first kappa shape index (κ1) is 47.7. The lowest BCUT2D eigenvalue weighted by atomic mass is 9.93.